The van der Waals surface area contributed by atoms with Gasteiger partial charge in [0.05, 0.1) is 13.2 Å². The fourth-order valence-corrected chi connectivity index (χ4v) is 4.71. The van der Waals surface area contributed by atoms with Gasteiger partial charge in [-0.3, -0.25) is 19.1 Å². The molecule has 0 atom stereocenters. The van der Waals surface area contributed by atoms with E-state index in [-0.39, 0.29) is 30.6 Å². The van der Waals surface area contributed by atoms with Crippen LogP contribution in [-0.4, -0.2) is 76.4 Å². The fourth-order valence-electron chi connectivity index (χ4n) is 4.30. The molecule has 9 nitrogen and oxygen atoms in total. The standard InChI is InChI=1S/C24H31N5O4S/c1-27-20-9-10-29(16-19(20)23(26-27)24(32)28-11-13-33-14-12-28)22(31)8-7-21(30)25-15-17-3-5-18(34-2)6-4-17/h3-6H,7-16H2,1-2H3,(H,25,30). The third-order valence-electron chi connectivity index (χ3n) is 6.31. The second-order valence-corrected chi connectivity index (χ2v) is 9.37. The first-order valence-corrected chi connectivity index (χ1v) is 12.8. The Bertz CT molecular complexity index is 1050. The number of rotatable bonds is 7. The number of benzene rings is 1. The number of nitrogens with one attached hydrogen (secondary N) is 1. The predicted octanol–water partition coefficient (Wildman–Crippen LogP) is 1.60. The van der Waals surface area contributed by atoms with E-state index in [1.165, 1.54) is 4.90 Å². The number of aromatic nitrogens is 2. The van der Waals surface area contributed by atoms with Gasteiger partial charge in [0, 0.05) is 75.2 Å². The number of fused-ring (bicyclic) bond motifs is 1. The van der Waals surface area contributed by atoms with Crippen molar-refractivity contribution in [3.63, 3.8) is 0 Å². The van der Waals surface area contributed by atoms with Crippen LogP contribution in [0.1, 0.15) is 40.2 Å². The average molecular weight is 486 g/mol. The van der Waals surface area contributed by atoms with E-state index in [1.54, 1.807) is 26.2 Å². The largest absolute Gasteiger partial charge is 0.378 e. The molecule has 10 heteroatoms. The van der Waals surface area contributed by atoms with Gasteiger partial charge < -0.3 is 19.9 Å². The van der Waals surface area contributed by atoms with Crippen LogP contribution in [0.3, 0.4) is 0 Å². The van der Waals surface area contributed by atoms with Crippen molar-refractivity contribution < 1.29 is 19.1 Å². The second kappa shape index (κ2) is 11.1. The molecule has 1 aromatic carbocycles. The quantitative estimate of drug-likeness (QED) is 0.599. The normalized spacial score (nSPS) is 15.7. The molecule has 2 aromatic rings. The first kappa shape index (κ1) is 24.3. The molecular formula is C24H31N5O4S. The highest BCUT2D eigenvalue weighted by Gasteiger charge is 2.31. The minimum atomic E-state index is -0.149. The molecule has 0 saturated carbocycles. The molecule has 4 rings (SSSR count). The van der Waals surface area contributed by atoms with Gasteiger partial charge in [0.1, 0.15) is 0 Å². The summed E-state index contributed by atoms with van der Waals surface area (Å²) in [5, 5.41) is 7.36. The third kappa shape index (κ3) is 5.61. The lowest BCUT2D eigenvalue weighted by Gasteiger charge is -2.29. The van der Waals surface area contributed by atoms with Crippen molar-refractivity contribution in [1.82, 2.24) is 24.9 Å². The van der Waals surface area contributed by atoms with Gasteiger partial charge >= 0.3 is 0 Å². The van der Waals surface area contributed by atoms with Gasteiger partial charge in [-0.05, 0) is 24.0 Å². The van der Waals surface area contributed by atoms with Crippen molar-refractivity contribution in [1.29, 1.82) is 0 Å². The molecule has 2 aliphatic heterocycles. The summed E-state index contributed by atoms with van der Waals surface area (Å²) in [5.74, 6) is -0.345. The Kier molecular flexibility index (Phi) is 7.89. The molecule has 0 unspecified atom stereocenters. The molecular weight excluding hydrogens is 454 g/mol. The number of thioether (sulfide) groups is 1. The van der Waals surface area contributed by atoms with Crippen LogP contribution in [0.15, 0.2) is 29.2 Å². The second-order valence-electron chi connectivity index (χ2n) is 8.49. The van der Waals surface area contributed by atoms with Crippen molar-refractivity contribution in [3.8, 4) is 0 Å². The molecule has 182 valence electrons. The van der Waals surface area contributed by atoms with Crippen LogP contribution >= 0.6 is 11.8 Å². The van der Waals surface area contributed by atoms with Crippen LogP contribution in [-0.2, 0) is 40.9 Å². The molecule has 0 aliphatic carbocycles. The molecule has 3 heterocycles. The van der Waals surface area contributed by atoms with Crippen LogP contribution in [0.25, 0.3) is 0 Å². The van der Waals surface area contributed by atoms with E-state index in [2.05, 4.69) is 10.4 Å². The van der Waals surface area contributed by atoms with Gasteiger partial charge in [0.15, 0.2) is 5.69 Å². The monoisotopic (exact) mass is 485 g/mol. The number of carbonyl (C=O) groups excluding carboxylic acids is 3. The summed E-state index contributed by atoms with van der Waals surface area (Å²) < 4.78 is 7.10. The predicted molar refractivity (Wildman–Crippen MR) is 128 cm³/mol. The number of aryl methyl sites for hydroxylation is 1. The Morgan fingerprint density at radius 1 is 1.06 bits per heavy atom. The van der Waals surface area contributed by atoms with E-state index < -0.39 is 0 Å². The number of amides is 3. The van der Waals surface area contributed by atoms with Crippen molar-refractivity contribution in [2.45, 2.75) is 37.2 Å². The number of morpholine rings is 1. The fraction of sp³-hybridized carbons (Fsp3) is 0.500. The molecule has 0 spiro atoms. The Hall–Kier alpha value is -2.85. The molecule has 3 amide bonds. The van der Waals surface area contributed by atoms with Crippen LogP contribution in [0.4, 0.5) is 0 Å². The first-order chi connectivity index (χ1) is 16.5. The van der Waals surface area contributed by atoms with E-state index in [0.717, 1.165) is 16.8 Å². The lowest BCUT2D eigenvalue weighted by atomic mass is 10.0. The summed E-state index contributed by atoms with van der Waals surface area (Å²) in [6.07, 6.45) is 2.94. The van der Waals surface area contributed by atoms with Gasteiger partial charge in [-0.2, -0.15) is 5.10 Å². The van der Waals surface area contributed by atoms with Crippen molar-refractivity contribution >= 4 is 29.5 Å². The summed E-state index contributed by atoms with van der Waals surface area (Å²) in [4.78, 5) is 42.8. The summed E-state index contributed by atoms with van der Waals surface area (Å²) in [6.45, 7) is 3.48. The van der Waals surface area contributed by atoms with E-state index >= 15 is 0 Å². The van der Waals surface area contributed by atoms with Gasteiger partial charge in [-0.1, -0.05) is 12.1 Å². The summed E-state index contributed by atoms with van der Waals surface area (Å²) in [6, 6.07) is 8.03. The zero-order valence-corrected chi connectivity index (χ0v) is 20.5. The molecule has 1 aromatic heterocycles. The Balaban J connectivity index is 1.30. The Labute approximate surface area is 203 Å². The topological polar surface area (TPSA) is 96.8 Å². The number of hydrogen-bond donors (Lipinski definition) is 1. The molecule has 0 bridgehead atoms. The van der Waals surface area contributed by atoms with Crippen LogP contribution < -0.4 is 5.32 Å². The zero-order valence-electron chi connectivity index (χ0n) is 19.7. The molecule has 34 heavy (non-hydrogen) atoms. The SMILES string of the molecule is CSc1ccc(CNC(=O)CCC(=O)N2CCc3c(c(C(=O)N4CCOCC4)nn3C)C2)cc1. The maximum Gasteiger partial charge on any atom is 0.274 e. The summed E-state index contributed by atoms with van der Waals surface area (Å²) in [7, 11) is 1.84. The number of nitrogens with zero attached hydrogens (tertiary/aromatic N) is 4. The minimum Gasteiger partial charge on any atom is -0.378 e. The van der Waals surface area contributed by atoms with Gasteiger partial charge in [0.2, 0.25) is 11.8 Å². The van der Waals surface area contributed by atoms with E-state index in [1.807, 2.05) is 37.6 Å². The van der Waals surface area contributed by atoms with E-state index in [9.17, 15) is 14.4 Å². The van der Waals surface area contributed by atoms with Crippen molar-refractivity contribution in [2.75, 3.05) is 39.1 Å². The third-order valence-corrected chi connectivity index (χ3v) is 7.05. The van der Waals surface area contributed by atoms with Crippen LogP contribution in [0.2, 0.25) is 0 Å². The summed E-state index contributed by atoms with van der Waals surface area (Å²) in [5.41, 5.74) is 3.25. The van der Waals surface area contributed by atoms with Gasteiger partial charge in [-0.15, -0.1) is 11.8 Å². The number of ether oxygens (including phenoxy) is 1. The Morgan fingerprint density at radius 3 is 2.50 bits per heavy atom. The highest BCUT2D eigenvalue weighted by atomic mass is 32.2. The smallest absolute Gasteiger partial charge is 0.274 e. The number of carbonyl (C=O) groups is 3. The summed E-state index contributed by atoms with van der Waals surface area (Å²) >= 11 is 1.67. The van der Waals surface area contributed by atoms with Gasteiger partial charge in [-0.25, -0.2) is 0 Å². The molecule has 2 aliphatic rings. The van der Waals surface area contributed by atoms with Crippen molar-refractivity contribution in [2.24, 2.45) is 7.05 Å². The maximum absolute atomic E-state index is 13.0. The highest BCUT2D eigenvalue weighted by Crippen LogP contribution is 2.24. The molecule has 0 radical (unpaired) electrons. The minimum absolute atomic E-state index is 0.0845. The highest BCUT2D eigenvalue weighted by molar-refractivity contribution is 7.98. The molecule has 1 fully saturated rings. The molecule has 1 saturated heterocycles. The lowest BCUT2D eigenvalue weighted by molar-refractivity contribution is -0.134. The first-order valence-electron chi connectivity index (χ1n) is 11.6. The Morgan fingerprint density at radius 2 is 1.79 bits per heavy atom. The maximum atomic E-state index is 13.0. The molecule has 1 N–H and O–H groups in total. The van der Waals surface area contributed by atoms with Crippen LogP contribution in [0, 0.1) is 0 Å². The van der Waals surface area contributed by atoms with Crippen LogP contribution in [0.5, 0.6) is 0 Å². The number of hydrogen-bond acceptors (Lipinski definition) is 6. The van der Waals surface area contributed by atoms with Crippen molar-refractivity contribution in [3.05, 3.63) is 46.8 Å². The van der Waals surface area contributed by atoms with E-state index in [4.69, 9.17) is 4.74 Å². The van der Waals surface area contributed by atoms with E-state index in [0.29, 0.717) is 58.1 Å². The van der Waals surface area contributed by atoms with Gasteiger partial charge in [0.25, 0.3) is 5.91 Å². The zero-order chi connectivity index (χ0) is 24.1. The lowest BCUT2D eigenvalue weighted by Crippen LogP contribution is -2.42. The average Bonchev–Trinajstić information content (AvgIpc) is 3.22.